The standard InChI is InChI=1S/C24H23N3O/c1-17-5-3-7-19(15-17)8-13-23(28)25-21-11-9-20(10-12-21)22-16-27-14-4-6-18(2)24(27)26-22/h3-7,9-12,14-16H,8,13H2,1-2H3,(H,25,28). The number of pyridine rings is 1. The molecule has 0 aliphatic rings. The number of anilines is 1. The molecule has 2 aromatic heterocycles. The Bertz CT molecular complexity index is 1130. The van der Waals surface area contributed by atoms with Crippen molar-refractivity contribution in [3.05, 3.63) is 89.7 Å². The second-order valence-corrected chi connectivity index (χ2v) is 7.16. The quantitative estimate of drug-likeness (QED) is 0.526. The SMILES string of the molecule is Cc1cccc(CCC(=O)Nc2ccc(-c3cn4cccc(C)c4n3)cc2)c1. The summed E-state index contributed by atoms with van der Waals surface area (Å²) in [5.41, 5.74) is 7.27. The molecule has 1 amide bonds. The van der Waals surface area contributed by atoms with Gasteiger partial charge in [-0.05, 0) is 49.6 Å². The molecule has 2 aromatic carbocycles. The Morgan fingerprint density at radius 3 is 2.61 bits per heavy atom. The number of carbonyl (C=O) groups is 1. The van der Waals surface area contributed by atoms with Crippen LogP contribution in [0.4, 0.5) is 5.69 Å². The number of aryl methyl sites for hydroxylation is 3. The van der Waals surface area contributed by atoms with Gasteiger partial charge in [0, 0.05) is 30.1 Å². The lowest BCUT2D eigenvalue weighted by Crippen LogP contribution is -2.12. The number of carbonyl (C=O) groups excluding carboxylic acids is 1. The van der Waals surface area contributed by atoms with E-state index in [0.29, 0.717) is 6.42 Å². The van der Waals surface area contributed by atoms with Crippen LogP contribution in [0.2, 0.25) is 0 Å². The number of rotatable bonds is 5. The van der Waals surface area contributed by atoms with Crippen LogP contribution in [-0.4, -0.2) is 15.3 Å². The third kappa shape index (κ3) is 3.96. The van der Waals surface area contributed by atoms with E-state index in [-0.39, 0.29) is 5.91 Å². The zero-order chi connectivity index (χ0) is 19.5. The molecule has 4 nitrogen and oxygen atoms in total. The van der Waals surface area contributed by atoms with E-state index in [1.807, 2.05) is 53.2 Å². The van der Waals surface area contributed by atoms with Crippen molar-refractivity contribution in [3.63, 3.8) is 0 Å². The normalized spacial score (nSPS) is 10.9. The molecule has 0 fully saturated rings. The molecule has 140 valence electrons. The number of aromatic nitrogens is 2. The summed E-state index contributed by atoms with van der Waals surface area (Å²) in [7, 11) is 0. The van der Waals surface area contributed by atoms with E-state index in [1.54, 1.807) is 0 Å². The minimum absolute atomic E-state index is 0.0256. The van der Waals surface area contributed by atoms with Gasteiger partial charge in [-0.25, -0.2) is 4.98 Å². The Balaban J connectivity index is 1.41. The fourth-order valence-electron chi connectivity index (χ4n) is 3.37. The van der Waals surface area contributed by atoms with E-state index in [2.05, 4.69) is 43.4 Å². The molecule has 1 N–H and O–H groups in total. The van der Waals surface area contributed by atoms with Crippen molar-refractivity contribution in [1.29, 1.82) is 0 Å². The molecule has 0 spiro atoms. The maximum Gasteiger partial charge on any atom is 0.224 e. The van der Waals surface area contributed by atoms with Crippen molar-refractivity contribution < 1.29 is 4.79 Å². The van der Waals surface area contributed by atoms with Gasteiger partial charge in [0.25, 0.3) is 0 Å². The molecule has 0 radical (unpaired) electrons. The van der Waals surface area contributed by atoms with E-state index in [4.69, 9.17) is 4.98 Å². The molecule has 0 atom stereocenters. The molecular weight excluding hydrogens is 346 g/mol. The molecule has 0 bridgehead atoms. The molecule has 28 heavy (non-hydrogen) atoms. The fourth-order valence-corrected chi connectivity index (χ4v) is 3.37. The number of amides is 1. The number of nitrogens with zero attached hydrogens (tertiary/aromatic N) is 2. The lowest BCUT2D eigenvalue weighted by Gasteiger charge is -2.06. The van der Waals surface area contributed by atoms with Crippen LogP contribution in [0.25, 0.3) is 16.9 Å². The van der Waals surface area contributed by atoms with Crippen LogP contribution < -0.4 is 5.32 Å². The summed E-state index contributed by atoms with van der Waals surface area (Å²) in [6, 6.07) is 20.2. The molecule has 0 saturated heterocycles. The minimum Gasteiger partial charge on any atom is -0.326 e. The molecular formula is C24H23N3O. The number of hydrogen-bond donors (Lipinski definition) is 1. The van der Waals surface area contributed by atoms with Gasteiger partial charge in [-0.2, -0.15) is 0 Å². The molecule has 0 unspecified atom stereocenters. The van der Waals surface area contributed by atoms with E-state index in [9.17, 15) is 4.79 Å². The highest BCUT2D eigenvalue weighted by Crippen LogP contribution is 2.22. The Morgan fingerprint density at radius 2 is 1.86 bits per heavy atom. The highest BCUT2D eigenvalue weighted by molar-refractivity contribution is 5.91. The fraction of sp³-hybridized carbons (Fsp3) is 0.167. The van der Waals surface area contributed by atoms with E-state index in [0.717, 1.165) is 34.6 Å². The Labute approximate surface area is 164 Å². The zero-order valence-corrected chi connectivity index (χ0v) is 16.1. The first-order valence-corrected chi connectivity index (χ1v) is 9.49. The average Bonchev–Trinajstić information content (AvgIpc) is 3.13. The Kier molecular flexibility index (Phi) is 4.94. The first-order valence-electron chi connectivity index (χ1n) is 9.49. The summed E-state index contributed by atoms with van der Waals surface area (Å²) < 4.78 is 2.03. The maximum atomic E-state index is 12.3. The predicted octanol–water partition coefficient (Wildman–Crippen LogP) is 5.19. The zero-order valence-electron chi connectivity index (χ0n) is 16.1. The topological polar surface area (TPSA) is 46.4 Å². The van der Waals surface area contributed by atoms with Crippen molar-refractivity contribution in [2.24, 2.45) is 0 Å². The van der Waals surface area contributed by atoms with Crippen molar-refractivity contribution in [3.8, 4) is 11.3 Å². The van der Waals surface area contributed by atoms with Crippen LogP contribution in [0.5, 0.6) is 0 Å². The molecule has 0 saturated carbocycles. The lowest BCUT2D eigenvalue weighted by molar-refractivity contribution is -0.116. The second kappa shape index (κ2) is 7.69. The molecule has 0 aliphatic heterocycles. The van der Waals surface area contributed by atoms with Gasteiger partial charge < -0.3 is 9.72 Å². The predicted molar refractivity (Wildman–Crippen MR) is 113 cm³/mol. The number of fused-ring (bicyclic) bond motifs is 1. The minimum atomic E-state index is 0.0256. The summed E-state index contributed by atoms with van der Waals surface area (Å²) in [6.07, 6.45) is 5.24. The van der Waals surface area contributed by atoms with Crippen molar-refractivity contribution in [2.75, 3.05) is 5.32 Å². The maximum absolute atomic E-state index is 12.3. The Morgan fingerprint density at radius 1 is 1.04 bits per heavy atom. The van der Waals surface area contributed by atoms with E-state index < -0.39 is 0 Å². The summed E-state index contributed by atoms with van der Waals surface area (Å²) in [5.74, 6) is 0.0256. The van der Waals surface area contributed by atoms with Crippen LogP contribution in [0.3, 0.4) is 0 Å². The molecule has 4 heteroatoms. The molecule has 0 aliphatic carbocycles. The van der Waals surface area contributed by atoms with Gasteiger partial charge in [0.2, 0.25) is 5.91 Å². The van der Waals surface area contributed by atoms with Crippen LogP contribution in [0, 0.1) is 13.8 Å². The first-order chi connectivity index (χ1) is 13.6. The summed E-state index contributed by atoms with van der Waals surface area (Å²) in [5, 5.41) is 2.98. The van der Waals surface area contributed by atoms with Gasteiger partial charge in [-0.15, -0.1) is 0 Å². The highest BCUT2D eigenvalue weighted by atomic mass is 16.1. The number of imidazole rings is 1. The largest absolute Gasteiger partial charge is 0.326 e. The van der Waals surface area contributed by atoms with Crippen molar-refractivity contribution in [2.45, 2.75) is 26.7 Å². The van der Waals surface area contributed by atoms with Crippen molar-refractivity contribution >= 4 is 17.2 Å². The summed E-state index contributed by atoms with van der Waals surface area (Å²) >= 11 is 0. The molecule has 2 heterocycles. The average molecular weight is 369 g/mol. The summed E-state index contributed by atoms with van der Waals surface area (Å²) in [6.45, 7) is 4.12. The van der Waals surface area contributed by atoms with Gasteiger partial charge in [0.1, 0.15) is 5.65 Å². The highest BCUT2D eigenvalue weighted by Gasteiger charge is 2.07. The third-order valence-corrected chi connectivity index (χ3v) is 4.87. The Hall–Kier alpha value is -3.40. The first kappa shape index (κ1) is 18.0. The van der Waals surface area contributed by atoms with Gasteiger partial charge in [-0.1, -0.05) is 48.0 Å². The van der Waals surface area contributed by atoms with Crippen LogP contribution in [0.15, 0.2) is 73.1 Å². The monoisotopic (exact) mass is 369 g/mol. The number of benzene rings is 2. The molecule has 4 rings (SSSR count). The van der Waals surface area contributed by atoms with Gasteiger partial charge in [0.05, 0.1) is 5.69 Å². The summed E-state index contributed by atoms with van der Waals surface area (Å²) in [4.78, 5) is 17.0. The lowest BCUT2D eigenvalue weighted by atomic mass is 10.1. The second-order valence-electron chi connectivity index (χ2n) is 7.16. The number of hydrogen-bond acceptors (Lipinski definition) is 2. The smallest absolute Gasteiger partial charge is 0.224 e. The molecule has 4 aromatic rings. The number of nitrogens with one attached hydrogen (secondary N) is 1. The van der Waals surface area contributed by atoms with Gasteiger partial charge in [-0.3, -0.25) is 4.79 Å². The van der Waals surface area contributed by atoms with E-state index in [1.165, 1.54) is 11.1 Å². The van der Waals surface area contributed by atoms with Gasteiger partial charge >= 0.3 is 0 Å². The van der Waals surface area contributed by atoms with E-state index >= 15 is 0 Å². The van der Waals surface area contributed by atoms with Gasteiger partial charge in [0.15, 0.2) is 0 Å². The third-order valence-electron chi connectivity index (χ3n) is 4.87. The van der Waals surface area contributed by atoms with Crippen LogP contribution in [-0.2, 0) is 11.2 Å². The van der Waals surface area contributed by atoms with Crippen LogP contribution in [0.1, 0.15) is 23.1 Å². The van der Waals surface area contributed by atoms with Crippen molar-refractivity contribution in [1.82, 2.24) is 9.38 Å². The van der Waals surface area contributed by atoms with Crippen LogP contribution >= 0.6 is 0 Å².